The maximum Gasteiger partial charge on any atom is 0.243 e. The summed E-state index contributed by atoms with van der Waals surface area (Å²) in [6.07, 6.45) is 2.78. The van der Waals surface area contributed by atoms with E-state index in [1.165, 1.54) is 0 Å². The van der Waals surface area contributed by atoms with Crippen molar-refractivity contribution in [1.29, 1.82) is 0 Å². The second kappa shape index (κ2) is 4.96. The van der Waals surface area contributed by atoms with Crippen LogP contribution >= 0.6 is 11.6 Å². The summed E-state index contributed by atoms with van der Waals surface area (Å²) in [4.78, 5) is 0.335. The lowest BCUT2D eigenvalue weighted by atomic mass is 10.2. The van der Waals surface area contributed by atoms with Gasteiger partial charge in [-0.1, -0.05) is 18.5 Å². The smallest absolute Gasteiger partial charge is 0.207 e. The van der Waals surface area contributed by atoms with Crippen molar-refractivity contribution in [2.24, 2.45) is 0 Å². The van der Waals surface area contributed by atoms with Gasteiger partial charge < -0.3 is 0 Å². The summed E-state index contributed by atoms with van der Waals surface area (Å²) in [5, 5.41) is 0.553. The lowest BCUT2D eigenvalue weighted by molar-refractivity contribution is 0.379. The van der Waals surface area contributed by atoms with Crippen molar-refractivity contribution in [3.05, 3.63) is 29.3 Å². The van der Waals surface area contributed by atoms with Crippen molar-refractivity contribution < 1.29 is 8.42 Å². The van der Waals surface area contributed by atoms with Crippen LogP contribution in [0.25, 0.3) is 0 Å². The fourth-order valence-electron chi connectivity index (χ4n) is 2.28. The molecule has 0 saturated carbocycles. The Morgan fingerprint density at radius 1 is 1.35 bits per heavy atom. The Morgan fingerprint density at radius 2 is 2.00 bits per heavy atom. The van der Waals surface area contributed by atoms with Crippen molar-refractivity contribution in [2.75, 3.05) is 6.54 Å². The Morgan fingerprint density at radius 3 is 2.59 bits per heavy atom. The van der Waals surface area contributed by atoms with Crippen LogP contribution in [0.3, 0.4) is 0 Å². The van der Waals surface area contributed by atoms with Gasteiger partial charge >= 0.3 is 0 Å². The molecule has 5 heteroatoms. The van der Waals surface area contributed by atoms with E-state index in [0.29, 0.717) is 16.5 Å². The molecular formula is C12H16ClNO2S. The Bertz CT molecular complexity index is 484. The molecule has 1 aliphatic rings. The van der Waals surface area contributed by atoms with Crippen LogP contribution in [0.2, 0.25) is 5.02 Å². The minimum absolute atomic E-state index is 0.149. The van der Waals surface area contributed by atoms with Crippen LogP contribution in [0.15, 0.2) is 29.2 Å². The Labute approximate surface area is 107 Å². The molecule has 2 rings (SSSR count). The van der Waals surface area contributed by atoms with E-state index in [9.17, 15) is 8.42 Å². The first-order chi connectivity index (χ1) is 8.05. The minimum Gasteiger partial charge on any atom is -0.207 e. The van der Waals surface area contributed by atoms with E-state index in [2.05, 4.69) is 0 Å². The third-order valence-electron chi connectivity index (χ3n) is 3.21. The second-order valence-electron chi connectivity index (χ2n) is 4.27. The average molecular weight is 274 g/mol. The number of hydrogen-bond acceptors (Lipinski definition) is 2. The van der Waals surface area contributed by atoms with E-state index in [1.54, 1.807) is 28.6 Å². The molecule has 0 aliphatic carbocycles. The molecule has 0 bridgehead atoms. The van der Waals surface area contributed by atoms with Crippen LogP contribution in [-0.2, 0) is 10.0 Å². The van der Waals surface area contributed by atoms with Gasteiger partial charge in [-0.2, -0.15) is 4.31 Å². The van der Waals surface area contributed by atoms with Gasteiger partial charge in [0.1, 0.15) is 0 Å². The predicted molar refractivity (Wildman–Crippen MR) is 68.7 cm³/mol. The zero-order valence-electron chi connectivity index (χ0n) is 9.77. The first-order valence-corrected chi connectivity index (χ1v) is 7.65. The zero-order chi connectivity index (χ0) is 12.5. The topological polar surface area (TPSA) is 37.4 Å². The van der Waals surface area contributed by atoms with E-state index in [-0.39, 0.29) is 6.04 Å². The molecule has 1 aromatic carbocycles. The lowest BCUT2D eigenvalue weighted by Gasteiger charge is -2.22. The summed E-state index contributed by atoms with van der Waals surface area (Å²) in [6.45, 7) is 2.66. The summed E-state index contributed by atoms with van der Waals surface area (Å²) in [5.74, 6) is 0. The highest BCUT2D eigenvalue weighted by atomic mass is 35.5. The highest BCUT2D eigenvalue weighted by Crippen LogP contribution is 2.28. The lowest BCUT2D eigenvalue weighted by Crippen LogP contribution is -2.35. The van der Waals surface area contributed by atoms with E-state index in [1.807, 2.05) is 6.92 Å². The third kappa shape index (κ3) is 2.49. The van der Waals surface area contributed by atoms with Crippen LogP contribution in [0.5, 0.6) is 0 Å². The molecule has 1 aromatic rings. The highest BCUT2D eigenvalue weighted by Gasteiger charge is 2.33. The molecule has 0 spiro atoms. The van der Waals surface area contributed by atoms with Gasteiger partial charge in [0.15, 0.2) is 0 Å². The molecule has 1 unspecified atom stereocenters. The largest absolute Gasteiger partial charge is 0.243 e. The van der Waals surface area contributed by atoms with E-state index < -0.39 is 10.0 Å². The summed E-state index contributed by atoms with van der Waals surface area (Å²) in [6, 6.07) is 6.53. The maximum atomic E-state index is 12.4. The molecule has 0 amide bonds. The van der Waals surface area contributed by atoms with Gasteiger partial charge in [0.2, 0.25) is 10.0 Å². The summed E-state index contributed by atoms with van der Waals surface area (Å²) < 4.78 is 26.4. The molecule has 17 heavy (non-hydrogen) atoms. The number of sulfonamides is 1. The van der Waals surface area contributed by atoms with Gasteiger partial charge in [0.05, 0.1) is 4.90 Å². The van der Waals surface area contributed by atoms with Gasteiger partial charge in [-0.05, 0) is 43.5 Å². The van der Waals surface area contributed by atoms with Gasteiger partial charge in [0.25, 0.3) is 0 Å². The van der Waals surface area contributed by atoms with Crippen LogP contribution < -0.4 is 0 Å². The van der Waals surface area contributed by atoms with Gasteiger partial charge in [-0.3, -0.25) is 0 Å². The van der Waals surface area contributed by atoms with Crippen molar-refractivity contribution in [3.63, 3.8) is 0 Å². The molecule has 1 saturated heterocycles. The molecule has 0 aromatic heterocycles. The van der Waals surface area contributed by atoms with Gasteiger partial charge in [-0.15, -0.1) is 0 Å². The molecular weight excluding hydrogens is 258 g/mol. The number of nitrogens with zero attached hydrogens (tertiary/aromatic N) is 1. The van der Waals surface area contributed by atoms with Crippen LogP contribution in [0, 0.1) is 0 Å². The fraction of sp³-hybridized carbons (Fsp3) is 0.500. The Hall–Kier alpha value is -0.580. The van der Waals surface area contributed by atoms with Crippen LogP contribution in [0.4, 0.5) is 0 Å². The van der Waals surface area contributed by atoms with E-state index in [4.69, 9.17) is 11.6 Å². The first-order valence-electron chi connectivity index (χ1n) is 5.83. The van der Waals surface area contributed by atoms with Crippen molar-refractivity contribution >= 4 is 21.6 Å². The molecule has 0 N–H and O–H groups in total. The normalized spacial score (nSPS) is 21.9. The molecule has 1 atom stereocenters. The molecule has 3 nitrogen and oxygen atoms in total. The van der Waals surface area contributed by atoms with E-state index in [0.717, 1.165) is 19.3 Å². The summed E-state index contributed by atoms with van der Waals surface area (Å²) in [7, 11) is -3.34. The van der Waals surface area contributed by atoms with E-state index >= 15 is 0 Å². The van der Waals surface area contributed by atoms with Crippen LogP contribution in [0.1, 0.15) is 26.2 Å². The molecule has 94 valence electrons. The maximum absolute atomic E-state index is 12.4. The Kier molecular flexibility index (Phi) is 3.76. The fourth-order valence-corrected chi connectivity index (χ4v) is 4.17. The highest BCUT2D eigenvalue weighted by molar-refractivity contribution is 7.89. The minimum atomic E-state index is -3.34. The summed E-state index contributed by atoms with van der Waals surface area (Å²) in [5.41, 5.74) is 0. The van der Waals surface area contributed by atoms with Crippen molar-refractivity contribution in [3.8, 4) is 0 Å². The number of hydrogen-bond donors (Lipinski definition) is 0. The molecule has 1 fully saturated rings. The summed E-state index contributed by atoms with van der Waals surface area (Å²) >= 11 is 5.77. The first kappa shape index (κ1) is 12.9. The number of halogens is 1. The van der Waals surface area contributed by atoms with Crippen LogP contribution in [-0.4, -0.2) is 25.3 Å². The number of benzene rings is 1. The predicted octanol–water partition coefficient (Wildman–Crippen LogP) is 2.90. The standard InChI is InChI=1S/C12H16ClNO2S/c1-2-11-4-3-9-14(11)17(15,16)12-7-5-10(13)6-8-12/h5-8,11H,2-4,9H2,1H3. The molecule has 0 radical (unpaired) electrons. The SMILES string of the molecule is CCC1CCCN1S(=O)(=O)c1ccc(Cl)cc1. The second-order valence-corrected chi connectivity index (χ2v) is 6.60. The number of rotatable bonds is 3. The van der Waals surface area contributed by atoms with Gasteiger partial charge in [-0.25, -0.2) is 8.42 Å². The van der Waals surface area contributed by atoms with Crippen molar-refractivity contribution in [2.45, 2.75) is 37.1 Å². The monoisotopic (exact) mass is 273 g/mol. The zero-order valence-corrected chi connectivity index (χ0v) is 11.3. The quantitative estimate of drug-likeness (QED) is 0.849. The molecule has 1 heterocycles. The Balaban J connectivity index is 2.33. The van der Waals surface area contributed by atoms with Gasteiger partial charge in [0, 0.05) is 17.6 Å². The third-order valence-corrected chi connectivity index (χ3v) is 5.43. The van der Waals surface area contributed by atoms with Crippen molar-refractivity contribution in [1.82, 2.24) is 4.31 Å². The molecule has 1 aliphatic heterocycles. The average Bonchev–Trinajstić information content (AvgIpc) is 2.78.